The number of hydrogen-bond donors (Lipinski definition) is 3. The molecule has 6 rings (SSSR count). The summed E-state index contributed by atoms with van der Waals surface area (Å²) in [5.74, 6) is -0.745. The predicted octanol–water partition coefficient (Wildman–Crippen LogP) is 5.56. The average molecular weight is 611 g/mol. The van der Waals surface area contributed by atoms with Crippen LogP contribution in [0.25, 0.3) is 21.1 Å². The number of pyridine rings is 1. The van der Waals surface area contributed by atoms with Crippen molar-refractivity contribution in [1.29, 1.82) is 0 Å². The van der Waals surface area contributed by atoms with E-state index in [0.717, 1.165) is 27.2 Å². The summed E-state index contributed by atoms with van der Waals surface area (Å²) in [5, 5.41) is 7.19. The highest BCUT2D eigenvalue weighted by atomic mass is 32.1. The fourth-order valence-electron chi connectivity index (χ4n) is 5.03. The molecule has 3 aromatic heterocycles. The van der Waals surface area contributed by atoms with Crippen LogP contribution in [-0.2, 0) is 17.5 Å². The molecule has 9 nitrogen and oxygen atoms in total. The molecule has 13 heteroatoms. The predicted molar refractivity (Wildman–Crippen MR) is 157 cm³/mol. The fraction of sp³-hybridized carbons (Fsp3) is 0.233. The van der Waals surface area contributed by atoms with Gasteiger partial charge in [-0.3, -0.25) is 14.5 Å². The number of carbonyl (C=O) groups is 2. The van der Waals surface area contributed by atoms with Crippen molar-refractivity contribution in [3.8, 4) is 5.75 Å². The minimum atomic E-state index is -4.60. The van der Waals surface area contributed by atoms with Crippen LogP contribution >= 0.6 is 11.3 Å². The Morgan fingerprint density at radius 1 is 1.05 bits per heavy atom. The highest BCUT2D eigenvalue weighted by Crippen LogP contribution is 2.35. The third-order valence-electron chi connectivity index (χ3n) is 7.18. The van der Waals surface area contributed by atoms with Crippen LogP contribution in [0.4, 0.5) is 24.5 Å². The van der Waals surface area contributed by atoms with Gasteiger partial charge in [0, 0.05) is 48.0 Å². The maximum atomic E-state index is 14.0. The molecule has 43 heavy (non-hydrogen) atoms. The van der Waals surface area contributed by atoms with Crippen molar-refractivity contribution in [3.05, 3.63) is 82.5 Å². The number of thiophene rings is 1. The van der Waals surface area contributed by atoms with Gasteiger partial charge in [0.15, 0.2) is 0 Å². The van der Waals surface area contributed by atoms with Crippen LogP contribution in [-0.4, -0.2) is 55.1 Å². The first-order chi connectivity index (χ1) is 20.7. The van der Waals surface area contributed by atoms with Crippen molar-refractivity contribution < 1.29 is 37.2 Å². The normalized spacial score (nSPS) is 14.2. The van der Waals surface area contributed by atoms with Crippen molar-refractivity contribution in [3.63, 3.8) is 0 Å². The molecule has 2 amide bonds. The summed E-state index contributed by atoms with van der Waals surface area (Å²) in [6, 6.07) is 11.9. The average Bonchev–Trinajstić information content (AvgIpc) is 3.65. The number of amides is 2. The maximum absolute atomic E-state index is 14.0. The standard InChI is InChI=1S/C30H26F3N5O4S/c1-41-22-11-18(10-21(13-22)37-29(40)25-12-19-15-35-27-23(4-5-34-27)26(19)43-25)28(39)36-20-3-2-17(24(14-20)30(31,32)33)16-38-6-8-42-9-7-38/h2-5,10-15H,6-9,16H2,1H3,(H,34,35)(H,36,39)(H,37,40)/p+1. The first kappa shape index (κ1) is 28.6. The number of nitrogens with one attached hydrogen (secondary N) is 4. The first-order valence-corrected chi connectivity index (χ1v) is 14.2. The van der Waals surface area contributed by atoms with Gasteiger partial charge >= 0.3 is 6.18 Å². The fourth-order valence-corrected chi connectivity index (χ4v) is 6.10. The molecule has 4 N–H and O–H groups in total. The van der Waals surface area contributed by atoms with Gasteiger partial charge in [-0.25, -0.2) is 9.97 Å². The highest BCUT2D eigenvalue weighted by molar-refractivity contribution is 7.21. The lowest BCUT2D eigenvalue weighted by Gasteiger charge is -2.27. The molecule has 1 aliphatic rings. The van der Waals surface area contributed by atoms with Crippen molar-refractivity contribution in [2.75, 3.05) is 44.0 Å². The number of fused-ring (bicyclic) bond motifs is 3. The second-order valence-corrected chi connectivity index (χ2v) is 11.1. The van der Waals surface area contributed by atoms with Crippen LogP contribution in [0.5, 0.6) is 5.75 Å². The number of aromatic nitrogens is 2. The van der Waals surface area contributed by atoms with Gasteiger partial charge in [-0.05, 0) is 42.0 Å². The summed E-state index contributed by atoms with van der Waals surface area (Å²) in [7, 11) is 1.41. The monoisotopic (exact) mass is 610 g/mol. The Bertz CT molecular complexity index is 1830. The number of H-pyrrole nitrogens is 2. The van der Waals surface area contributed by atoms with Crippen molar-refractivity contribution in [2.24, 2.45) is 0 Å². The Morgan fingerprint density at radius 3 is 2.60 bits per heavy atom. The van der Waals surface area contributed by atoms with Crippen LogP contribution < -0.4 is 20.4 Å². The van der Waals surface area contributed by atoms with Gasteiger partial charge in [0.25, 0.3) is 17.5 Å². The number of anilines is 2. The SMILES string of the molecule is COc1cc(NC(=O)c2cc3c[nH+]c4[nH]ccc4c3s2)cc(C(=O)Nc2ccc(CN3CCOCC3)c(C(F)(F)F)c2)c1. The maximum Gasteiger partial charge on any atom is 0.416 e. The van der Waals surface area contributed by atoms with Gasteiger partial charge in [0.05, 0.1) is 53.2 Å². The zero-order chi connectivity index (χ0) is 30.1. The number of methoxy groups -OCH3 is 1. The molecule has 5 aromatic rings. The van der Waals surface area contributed by atoms with E-state index in [1.54, 1.807) is 12.1 Å². The third-order valence-corrected chi connectivity index (χ3v) is 8.36. The van der Waals surface area contributed by atoms with Gasteiger partial charge < -0.3 is 20.1 Å². The van der Waals surface area contributed by atoms with Gasteiger partial charge in [-0.15, -0.1) is 11.3 Å². The summed E-state index contributed by atoms with van der Waals surface area (Å²) in [4.78, 5) is 35.0. The Hall–Kier alpha value is -4.46. The lowest BCUT2D eigenvalue weighted by molar-refractivity contribution is -0.345. The van der Waals surface area contributed by atoms with E-state index in [1.165, 1.54) is 42.7 Å². The smallest absolute Gasteiger partial charge is 0.416 e. The zero-order valence-electron chi connectivity index (χ0n) is 22.9. The van der Waals surface area contributed by atoms with Crippen LogP contribution in [0, 0.1) is 0 Å². The van der Waals surface area contributed by atoms with E-state index < -0.39 is 17.6 Å². The number of nitrogens with zero attached hydrogens (tertiary/aromatic N) is 1. The van der Waals surface area contributed by atoms with Crippen molar-refractivity contribution in [1.82, 2.24) is 9.88 Å². The quantitative estimate of drug-likeness (QED) is 0.224. The molecule has 0 spiro atoms. The molecule has 0 unspecified atom stereocenters. The Kier molecular flexibility index (Phi) is 7.77. The molecule has 2 aromatic carbocycles. The van der Waals surface area contributed by atoms with Gasteiger partial charge in [-0.2, -0.15) is 13.2 Å². The summed E-state index contributed by atoms with van der Waals surface area (Å²) in [6.45, 7) is 2.15. The molecule has 1 saturated heterocycles. The number of hydrogen-bond acceptors (Lipinski definition) is 6. The van der Waals surface area contributed by atoms with E-state index in [4.69, 9.17) is 9.47 Å². The largest absolute Gasteiger partial charge is 0.497 e. The van der Waals surface area contributed by atoms with Crippen molar-refractivity contribution >= 4 is 55.6 Å². The van der Waals surface area contributed by atoms with Crippen LogP contribution in [0.1, 0.15) is 31.2 Å². The van der Waals surface area contributed by atoms with Gasteiger partial charge in [-0.1, -0.05) is 6.07 Å². The number of morpholine rings is 1. The Balaban J connectivity index is 1.21. The second-order valence-electron chi connectivity index (χ2n) is 10.1. The Morgan fingerprint density at radius 2 is 1.84 bits per heavy atom. The molecule has 0 radical (unpaired) electrons. The number of ether oxygens (including phenoxy) is 2. The van der Waals surface area contributed by atoms with Gasteiger partial charge in [0.1, 0.15) is 5.75 Å². The summed E-state index contributed by atoms with van der Waals surface area (Å²) in [5.41, 5.74) is 0.541. The molecule has 4 heterocycles. The number of carbonyl (C=O) groups excluding carboxylic acids is 2. The minimum Gasteiger partial charge on any atom is -0.497 e. The molecule has 1 fully saturated rings. The number of aromatic amines is 2. The number of halogens is 3. The molecular weight excluding hydrogens is 583 g/mol. The van der Waals surface area contributed by atoms with E-state index in [0.29, 0.717) is 42.6 Å². The van der Waals surface area contributed by atoms with Crippen molar-refractivity contribution in [2.45, 2.75) is 12.7 Å². The molecule has 0 atom stereocenters. The van der Waals surface area contributed by atoms with Crippen LogP contribution in [0.2, 0.25) is 0 Å². The molecule has 0 aliphatic carbocycles. The minimum absolute atomic E-state index is 0.00499. The van der Waals surface area contributed by atoms with Crippen LogP contribution in [0.3, 0.4) is 0 Å². The van der Waals surface area contributed by atoms with E-state index in [9.17, 15) is 22.8 Å². The molecule has 0 saturated carbocycles. The topological polar surface area (TPSA) is 110 Å². The van der Waals surface area contributed by atoms with E-state index >= 15 is 0 Å². The molecule has 0 bridgehead atoms. The lowest BCUT2D eigenvalue weighted by Crippen LogP contribution is -2.36. The Labute approximate surface area is 247 Å². The second kappa shape index (κ2) is 11.7. The summed E-state index contributed by atoms with van der Waals surface area (Å²) < 4.78 is 53.5. The third kappa shape index (κ3) is 6.19. The summed E-state index contributed by atoms with van der Waals surface area (Å²) >= 11 is 1.33. The number of rotatable bonds is 7. The van der Waals surface area contributed by atoms with E-state index in [-0.39, 0.29) is 29.3 Å². The van der Waals surface area contributed by atoms with Crippen LogP contribution in [0.15, 0.2) is 60.9 Å². The highest BCUT2D eigenvalue weighted by Gasteiger charge is 2.34. The summed E-state index contributed by atoms with van der Waals surface area (Å²) in [6.07, 6.45) is -0.977. The molecule has 1 aliphatic heterocycles. The lowest BCUT2D eigenvalue weighted by atomic mass is 10.0. The van der Waals surface area contributed by atoms with E-state index in [2.05, 4.69) is 20.6 Å². The number of benzene rings is 2. The zero-order valence-corrected chi connectivity index (χ0v) is 23.7. The first-order valence-electron chi connectivity index (χ1n) is 13.4. The van der Waals surface area contributed by atoms with E-state index in [1.807, 2.05) is 23.4 Å². The van der Waals surface area contributed by atoms with Gasteiger partial charge in [0.2, 0.25) is 0 Å². The molecule has 222 valence electrons. The number of alkyl halides is 3. The molecular formula is C30H27F3N5O4S+.